The summed E-state index contributed by atoms with van der Waals surface area (Å²) >= 11 is 0. The molecule has 0 aliphatic carbocycles. The molecule has 0 N–H and O–H groups in total. The van der Waals surface area contributed by atoms with Crippen molar-refractivity contribution < 1.29 is 0 Å². The Bertz CT molecular complexity index is 169. The van der Waals surface area contributed by atoms with Crippen molar-refractivity contribution in [3.63, 3.8) is 0 Å². The molecule has 2 unspecified atom stereocenters. The van der Waals surface area contributed by atoms with Gasteiger partial charge >= 0.3 is 0 Å². The molecule has 0 saturated carbocycles. The Kier molecular flexibility index (Phi) is 2.89. The lowest BCUT2D eigenvalue weighted by Gasteiger charge is -2.23. The van der Waals surface area contributed by atoms with Crippen LogP contribution in [0, 0.1) is 5.92 Å². The molecule has 0 radical (unpaired) electrons. The highest BCUT2D eigenvalue weighted by Gasteiger charge is 2.30. The first-order chi connectivity index (χ1) is 6.29. The van der Waals surface area contributed by atoms with Crippen molar-refractivity contribution in [1.82, 2.24) is 9.80 Å². The number of hydrogen-bond acceptors (Lipinski definition) is 2. The second kappa shape index (κ2) is 3.97. The molecule has 13 heavy (non-hydrogen) atoms. The van der Waals surface area contributed by atoms with Gasteiger partial charge < -0.3 is 4.90 Å². The van der Waals surface area contributed by atoms with E-state index in [0.29, 0.717) is 0 Å². The summed E-state index contributed by atoms with van der Waals surface area (Å²) in [5.74, 6) is 0.992. The fourth-order valence-electron chi connectivity index (χ4n) is 2.74. The summed E-state index contributed by atoms with van der Waals surface area (Å²) in [4.78, 5) is 5.18. The summed E-state index contributed by atoms with van der Waals surface area (Å²) in [6.45, 7) is 7.66. The minimum atomic E-state index is 0.876. The average Bonchev–Trinajstić information content (AvgIpc) is 2.71. The van der Waals surface area contributed by atoms with Crippen molar-refractivity contribution in [2.75, 3.05) is 33.2 Å². The normalized spacial score (nSPS) is 37.4. The Morgan fingerprint density at radius 2 is 2.00 bits per heavy atom. The van der Waals surface area contributed by atoms with E-state index in [1.54, 1.807) is 0 Å². The van der Waals surface area contributed by atoms with Gasteiger partial charge in [0.2, 0.25) is 0 Å². The predicted molar refractivity (Wildman–Crippen MR) is 55.9 cm³/mol. The third-order valence-electron chi connectivity index (χ3n) is 3.78. The maximum absolute atomic E-state index is 2.72. The minimum Gasteiger partial charge on any atom is -0.305 e. The van der Waals surface area contributed by atoms with Crippen molar-refractivity contribution in [2.45, 2.75) is 32.2 Å². The molecule has 2 fully saturated rings. The zero-order valence-electron chi connectivity index (χ0n) is 9.00. The van der Waals surface area contributed by atoms with Gasteiger partial charge in [-0.15, -0.1) is 0 Å². The monoisotopic (exact) mass is 182 g/mol. The first-order valence-electron chi connectivity index (χ1n) is 5.72. The zero-order valence-corrected chi connectivity index (χ0v) is 9.00. The molecule has 2 heterocycles. The van der Waals surface area contributed by atoms with Crippen LogP contribution in [0.3, 0.4) is 0 Å². The summed E-state index contributed by atoms with van der Waals surface area (Å²) in [7, 11) is 2.24. The topological polar surface area (TPSA) is 6.48 Å². The van der Waals surface area contributed by atoms with E-state index in [9.17, 15) is 0 Å². The lowest BCUT2D eigenvalue weighted by molar-refractivity contribution is 0.233. The molecule has 0 aromatic rings. The van der Waals surface area contributed by atoms with Crippen LogP contribution in [-0.4, -0.2) is 49.1 Å². The van der Waals surface area contributed by atoms with Gasteiger partial charge in [-0.3, -0.25) is 4.90 Å². The van der Waals surface area contributed by atoms with Crippen LogP contribution in [0.4, 0.5) is 0 Å². The molecule has 0 spiro atoms. The predicted octanol–water partition coefficient (Wildman–Crippen LogP) is 1.42. The number of hydrogen-bond donors (Lipinski definition) is 0. The summed E-state index contributed by atoms with van der Waals surface area (Å²) in [5, 5.41) is 0. The number of rotatable bonds is 2. The Morgan fingerprint density at radius 3 is 2.54 bits per heavy atom. The number of nitrogens with zero attached hydrogens (tertiary/aromatic N) is 2. The zero-order chi connectivity index (χ0) is 9.26. The summed E-state index contributed by atoms with van der Waals surface area (Å²) < 4.78 is 0. The number of likely N-dealkylation sites (tertiary alicyclic amines) is 2. The standard InChI is InChI=1S/C11H22N2/c1-3-10-4-7-13(8-10)11-5-6-12(2)9-11/h10-11H,3-9H2,1-2H3. The fourth-order valence-corrected chi connectivity index (χ4v) is 2.74. The molecule has 2 aliphatic heterocycles. The van der Waals surface area contributed by atoms with Crippen molar-refractivity contribution >= 4 is 0 Å². The van der Waals surface area contributed by atoms with Gasteiger partial charge in [-0.25, -0.2) is 0 Å². The highest BCUT2D eigenvalue weighted by molar-refractivity contribution is 4.86. The first kappa shape index (κ1) is 9.47. The molecule has 0 bridgehead atoms. The fraction of sp³-hybridized carbons (Fsp3) is 1.00. The first-order valence-corrected chi connectivity index (χ1v) is 5.72. The lowest BCUT2D eigenvalue weighted by Crippen LogP contribution is -2.35. The summed E-state index contributed by atoms with van der Waals surface area (Å²) in [6, 6.07) is 0.876. The Labute approximate surface area is 81.9 Å². The highest BCUT2D eigenvalue weighted by Crippen LogP contribution is 2.24. The quantitative estimate of drug-likeness (QED) is 0.637. The number of likely N-dealkylation sites (N-methyl/N-ethyl adjacent to an activating group) is 1. The van der Waals surface area contributed by atoms with Crippen LogP contribution in [0.2, 0.25) is 0 Å². The van der Waals surface area contributed by atoms with E-state index in [4.69, 9.17) is 0 Å². The van der Waals surface area contributed by atoms with E-state index in [-0.39, 0.29) is 0 Å². The van der Waals surface area contributed by atoms with Crippen molar-refractivity contribution in [3.05, 3.63) is 0 Å². The van der Waals surface area contributed by atoms with E-state index >= 15 is 0 Å². The van der Waals surface area contributed by atoms with Gasteiger partial charge in [-0.1, -0.05) is 13.3 Å². The van der Waals surface area contributed by atoms with E-state index in [1.165, 1.54) is 45.4 Å². The van der Waals surface area contributed by atoms with Crippen molar-refractivity contribution in [2.24, 2.45) is 5.92 Å². The molecule has 2 saturated heterocycles. The molecule has 0 aromatic carbocycles. The Balaban J connectivity index is 1.82. The molecular weight excluding hydrogens is 160 g/mol. The molecule has 2 nitrogen and oxygen atoms in total. The van der Waals surface area contributed by atoms with Gasteiger partial charge in [0.15, 0.2) is 0 Å². The molecule has 0 aromatic heterocycles. The maximum atomic E-state index is 2.72. The molecule has 76 valence electrons. The van der Waals surface area contributed by atoms with Crippen LogP contribution < -0.4 is 0 Å². The van der Waals surface area contributed by atoms with E-state index in [1.807, 2.05) is 0 Å². The molecule has 2 atom stereocenters. The van der Waals surface area contributed by atoms with Gasteiger partial charge in [-0.05, 0) is 38.9 Å². The van der Waals surface area contributed by atoms with Crippen LogP contribution in [0.1, 0.15) is 26.2 Å². The van der Waals surface area contributed by atoms with Crippen LogP contribution in [-0.2, 0) is 0 Å². The van der Waals surface area contributed by atoms with Crippen molar-refractivity contribution in [3.8, 4) is 0 Å². The maximum Gasteiger partial charge on any atom is 0.0235 e. The molecular formula is C11H22N2. The third kappa shape index (κ3) is 2.05. The van der Waals surface area contributed by atoms with Gasteiger partial charge in [0.25, 0.3) is 0 Å². The van der Waals surface area contributed by atoms with Crippen molar-refractivity contribution in [1.29, 1.82) is 0 Å². The van der Waals surface area contributed by atoms with Gasteiger partial charge in [0, 0.05) is 19.1 Å². The lowest BCUT2D eigenvalue weighted by atomic mass is 10.1. The van der Waals surface area contributed by atoms with E-state index in [2.05, 4.69) is 23.8 Å². The van der Waals surface area contributed by atoms with Crippen LogP contribution >= 0.6 is 0 Å². The SMILES string of the molecule is CCC1CCN(C2CCN(C)C2)C1. The second-order valence-electron chi connectivity index (χ2n) is 4.76. The molecule has 2 heteroatoms. The van der Waals surface area contributed by atoms with Crippen LogP contribution in [0.15, 0.2) is 0 Å². The van der Waals surface area contributed by atoms with Gasteiger partial charge in [0.1, 0.15) is 0 Å². The van der Waals surface area contributed by atoms with Crippen LogP contribution in [0.5, 0.6) is 0 Å². The van der Waals surface area contributed by atoms with Gasteiger partial charge in [-0.2, -0.15) is 0 Å². The minimum absolute atomic E-state index is 0.876. The van der Waals surface area contributed by atoms with E-state index < -0.39 is 0 Å². The summed E-state index contributed by atoms with van der Waals surface area (Å²) in [5.41, 5.74) is 0. The summed E-state index contributed by atoms with van der Waals surface area (Å²) in [6.07, 6.45) is 4.21. The highest BCUT2D eigenvalue weighted by atomic mass is 15.3. The molecule has 2 aliphatic rings. The molecule has 0 amide bonds. The average molecular weight is 182 g/mol. The second-order valence-corrected chi connectivity index (χ2v) is 4.76. The Morgan fingerprint density at radius 1 is 1.15 bits per heavy atom. The largest absolute Gasteiger partial charge is 0.305 e. The Hall–Kier alpha value is -0.0800. The third-order valence-corrected chi connectivity index (χ3v) is 3.78. The molecule has 2 rings (SSSR count). The van der Waals surface area contributed by atoms with Crippen LogP contribution in [0.25, 0.3) is 0 Å². The van der Waals surface area contributed by atoms with Gasteiger partial charge in [0.05, 0.1) is 0 Å². The van der Waals surface area contributed by atoms with E-state index in [0.717, 1.165) is 12.0 Å². The smallest absolute Gasteiger partial charge is 0.0235 e.